The van der Waals surface area contributed by atoms with Gasteiger partial charge in [0.2, 0.25) is 0 Å². The third kappa shape index (κ3) is 3.92. The Balaban J connectivity index is 2.01. The van der Waals surface area contributed by atoms with Gasteiger partial charge in [-0.1, -0.05) is 12.1 Å². The normalized spacial score (nSPS) is 10.4. The van der Waals surface area contributed by atoms with Gasteiger partial charge in [0.15, 0.2) is 12.0 Å². The Kier molecular flexibility index (Phi) is 5.26. The summed E-state index contributed by atoms with van der Waals surface area (Å²) in [7, 11) is 1.52. The average Bonchev–Trinajstić information content (AvgIpc) is 2.53. The van der Waals surface area contributed by atoms with E-state index in [2.05, 4.69) is 10.3 Å². The molecular formula is C15H16N2O5. The maximum atomic E-state index is 11.9. The van der Waals surface area contributed by atoms with E-state index in [-0.39, 0.29) is 11.1 Å². The summed E-state index contributed by atoms with van der Waals surface area (Å²) in [4.78, 5) is 38.0. The van der Waals surface area contributed by atoms with Gasteiger partial charge in [-0.25, -0.2) is 4.79 Å². The SMILES string of the molecule is COCCNC(=O)COC(=O)c1cc(=O)c2ccccc2[nH]1. The lowest BCUT2D eigenvalue weighted by molar-refractivity contribution is -0.124. The van der Waals surface area contributed by atoms with Gasteiger partial charge in [-0.3, -0.25) is 9.59 Å². The smallest absolute Gasteiger partial charge is 0.355 e. The van der Waals surface area contributed by atoms with E-state index < -0.39 is 18.5 Å². The number of aromatic amines is 1. The molecule has 2 rings (SSSR count). The van der Waals surface area contributed by atoms with Crippen LogP contribution in [-0.2, 0) is 14.3 Å². The van der Waals surface area contributed by atoms with Crippen molar-refractivity contribution in [2.75, 3.05) is 26.9 Å². The van der Waals surface area contributed by atoms with E-state index in [1.54, 1.807) is 24.3 Å². The van der Waals surface area contributed by atoms with Crippen molar-refractivity contribution in [3.63, 3.8) is 0 Å². The van der Waals surface area contributed by atoms with Crippen LogP contribution in [0.3, 0.4) is 0 Å². The molecule has 7 heteroatoms. The zero-order chi connectivity index (χ0) is 15.9. The Hall–Kier alpha value is -2.67. The molecule has 1 aromatic carbocycles. The maximum absolute atomic E-state index is 11.9. The summed E-state index contributed by atoms with van der Waals surface area (Å²) >= 11 is 0. The first-order chi connectivity index (χ1) is 10.6. The molecule has 0 aliphatic carbocycles. The van der Waals surface area contributed by atoms with Gasteiger partial charge in [0.1, 0.15) is 5.69 Å². The highest BCUT2D eigenvalue weighted by atomic mass is 16.5. The summed E-state index contributed by atoms with van der Waals surface area (Å²) in [6.45, 7) is 0.286. The third-order valence-electron chi connectivity index (χ3n) is 2.92. The minimum atomic E-state index is -0.759. The van der Waals surface area contributed by atoms with Crippen LogP contribution in [0.1, 0.15) is 10.5 Å². The number of rotatable bonds is 6. The van der Waals surface area contributed by atoms with Gasteiger partial charge in [0.05, 0.1) is 6.61 Å². The lowest BCUT2D eigenvalue weighted by Crippen LogP contribution is -2.31. The molecule has 1 heterocycles. The quantitative estimate of drug-likeness (QED) is 0.596. The van der Waals surface area contributed by atoms with Crippen molar-refractivity contribution in [1.29, 1.82) is 0 Å². The zero-order valence-corrected chi connectivity index (χ0v) is 12.0. The molecule has 2 N–H and O–H groups in total. The van der Waals surface area contributed by atoms with Crippen molar-refractivity contribution in [2.24, 2.45) is 0 Å². The minimum Gasteiger partial charge on any atom is -0.451 e. The monoisotopic (exact) mass is 304 g/mol. The number of ether oxygens (including phenoxy) is 2. The van der Waals surface area contributed by atoms with E-state index in [9.17, 15) is 14.4 Å². The number of carbonyl (C=O) groups excluding carboxylic acids is 2. The number of methoxy groups -OCH3 is 1. The van der Waals surface area contributed by atoms with Crippen LogP contribution in [0.4, 0.5) is 0 Å². The molecule has 0 aliphatic heterocycles. The molecule has 0 bridgehead atoms. The summed E-state index contributed by atoms with van der Waals surface area (Å²) in [5.74, 6) is -1.20. The zero-order valence-electron chi connectivity index (χ0n) is 12.0. The van der Waals surface area contributed by atoms with Crippen molar-refractivity contribution in [2.45, 2.75) is 0 Å². The molecule has 1 amide bonds. The standard InChI is InChI=1S/C15H16N2O5/c1-21-7-6-16-14(19)9-22-15(20)12-8-13(18)10-4-2-3-5-11(10)17-12/h2-5,8H,6-7,9H2,1H3,(H,16,19)(H,17,18). The van der Waals surface area contributed by atoms with Gasteiger partial charge >= 0.3 is 5.97 Å². The molecule has 0 atom stereocenters. The van der Waals surface area contributed by atoms with Crippen molar-refractivity contribution in [1.82, 2.24) is 10.3 Å². The summed E-state index contributed by atoms with van der Waals surface area (Å²) in [5, 5.41) is 3.00. The number of amides is 1. The molecule has 1 aromatic heterocycles. The Morgan fingerprint density at radius 3 is 2.82 bits per heavy atom. The highest BCUT2D eigenvalue weighted by Crippen LogP contribution is 2.07. The largest absolute Gasteiger partial charge is 0.451 e. The Bertz CT molecular complexity index is 738. The second-order valence-corrected chi connectivity index (χ2v) is 4.51. The number of esters is 1. The molecule has 22 heavy (non-hydrogen) atoms. The molecule has 0 spiro atoms. The molecule has 0 saturated carbocycles. The van der Waals surface area contributed by atoms with Crippen molar-refractivity contribution >= 4 is 22.8 Å². The number of carbonyl (C=O) groups is 2. The van der Waals surface area contributed by atoms with Crippen LogP contribution >= 0.6 is 0 Å². The molecule has 7 nitrogen and oxygen atoms in total. The summed E-state index contributed by atoms with van der Waals surface area (Å²) < 4.78 is 9.64. The first kappa shape index (κ1) is 15.7. The van der Waals surface area contributed by atoms with Crippen molar-refractivity contribution in [3.8, 4) is 0 Å². The van der Waals surface area contributed by atoms with E-state index in [0.717, 1.165) is 6.07 Å². The van der Waals surface area contributed by atoms with E-state index in [1.807, 2.05) is 0 Å². The van der Waals surface area contributed by atoms with Gasteiger partial charge in [0, 0.05) is 30.6 Å². The summed E-state index contributed by atoms with van der Waals surface area (Å²) in [5.41, 5.74) is 0.255. The van der Waals surface area contributed by atoms with Gasteiger partial charge < -0.3 is 19.8 Å². The number of H-pyrrole nitrogens is 1. The molecule has 0 unspecified atom stereocenters. The molecule has 0 saturated heterocycles. The molecule has 0 fully saturated rings. The second-order valence-electron chi connectivity index (χ2n) is 4.51. The highest BCUT2D eigenvalue weighted by Gasteiger charge is 2.12. The topological polar surface area (TPSA) is 97.5 Å². The van der Waals surface area contributed by atoms with Gasteiger partial charge in [-0.2, -0.15) is 0 Å². The lowest BCUT2D eigenvalue weighted by Gasteiger charge is -2.07. The van der Waals surface area contributed by atoms with E-state index in [4.69, 9.17) is 9.47 Å². The highest BCUT2D eigenvalue weighted by molar-refractivity contribution is 5.92. The molecule has 116 valence electrons. The van der Waals surface area contributed by atoms with Crippen LogP contribution in [-0.4, -0.2) is 43.7 Å². The number of pyridine rings is 1. The van der Waals surface area contributed by atoms with Gasteiger partial charge in [-0.15, -0.1) is 0 Å². The predicted octanol–water partition coefficient (Wildman–Crippen LogP) is 0.447. The Labute approximate surface area is 126 Å². The Morgan fingerprint density at radius 2 is 2.05 bits per heavy atom. The first-order valence-corrected chi connectivity index (χ1v) is 6.66. The first-order valence-electron chi connectivity index (χ1n) is 6.66. The van der Waals surface area contributed by atoms with Crippen LogP contribution < -0.4 is 10.7 Å². The van der Waals surface area contributed by atoms with E-state index in [0.29, 0.717) is 24.1 Å². The summed E-state index contributed by atoms with van der Waals surface area (Å²) in [6.07, 6.45) is 0. The molecule has 0 radical (unpaired) electrons. The number of para-hydroxylation sites is 1. The number of hydrogen-bond donors (Lipinski definition) is 2. The Morgan fingerprint density at radius 1 is 1.27 bits per heavy atom. The second kappa shape index (κ2) is 7.37. The van der Waals surface area contributed by atoms with Crippen LogP contribution in [0, 0.1) is 0 Å². The molecule has 0 aliphatic rings. The van der Waals surface area contributed by atoms with Crippen molar-refractivity contribution in [3.05, 3.63) is 46.2 Å². The van der Waals surface area contributed by atoms with Gasteiger partial charge in [0.25, 0.3) is 5.91 Å². The van der Waals surface area contributed by atoms with Crippen molar-refractivity contribution < 1.29 is 19.1 Å². The molecule has 2 aromatic rings. The number of benzene rings is 1. The van der Waals surface area contributed by atoms with E-state index in [1.165, 1.54) is 7.11 Å². The van der Waals surface area contributed by atoms with Gasteiger partial charge in [-0.05, 0) is 12.1 Å². The number of hydrogen-bond acceptors (Lipinski definition) is 5. The fourth-order valence-electron chi connectivity index (χ4n) is 1.86. The number of aromatic nitrogens is 1. The molecular weight excluding hydrogens is 288 g/mol. The maximum Gasteiger partial charge on any atom is 0.355 e. The number of nitrogens with one attached hydrogen (secondary N) is 2. The third-order valence-corrected chi connectivity index (χ3v) is 2.92. The van der Waals surface area contributed by atoms with Crippen LogP contribution in [0.25, 0.3) is 10.9 Å². The van der Waals surface area contributed by atoms with E-state index >= 15 is 0 Å². The minimum absolute atomic E-state index is 0.00777. The number of fused-ring (bicyclic) bond motifs is 1. The summed E-state index contributed by atoms with van der Waals surface area (Å²) in [6, 6.07) is 7.99. The van der Waals surface area contributed by atoms with Crippen LogP contribution in [0.5, 0.6) is 0 Å². The van der Waals surface area contributed by atoms with Crippen LogP contribution in [0.15, 0.2) is 35.1 Å². The fourth-order valence-corrected chi connectivity index (χ4v) is 1.86. The van der Waals surface area contributed by atoms with Crippen LogP contribution in [0.2, 0.25) is 0 Å². The predicted molar refractivity (Wildman–Crippen MR) is 79.7 cm³/mol. The fraction of sp³-hybridized carbons (Fsp3) is 0.267. The lowest BCUT2D eigenvalue weighted by atomic mass is 10.2. The average molecular weight is 304 g/mol.